The Morgan fingerprint density at radius 2 is 2.00 bits per heavy atom. The maximum absolute atomic E-state index is 11.1. The number of hydrogen-bond donors (Lipinski definition) is 3. The first-order chi connectivity index (χ1) is 7.08. The molecule has 0 saturated heterocycles. The van der Waals surface area contributed by atoms with Crippen LogP contribution in [0.3, 0.4) is 0 Å². The van der Waals surface area contributed by atoms with Crippen molar-refractivity contribution in [1.29, 1.82) is 0 Å². The van der Waals surface area contributed by atoms with Crippen molar-refractivity contribution in [3.05, 3.63) is 0 Å². The average molecular weight is 214 g/mol. The van der Waals surface area contributed by atoms with Crippen LogP contribution in [0.4, 0.5) is 4.79 Å². The molecule has 15 heavy (non-hydrogen) atoms. The molecule has 0 aromatic rings. The van der Waals surface area contributed by atoms with Crippen LogP contribution >= 0.6 is 0 Å². The first-order valence-electron chi connectivity index (χ1n) is 5.31. The molecule has 0 unspecified atom stereocenters. The van der Waals surface area contributed by atoms with Crippen molar-refractivity contribution < 1.29 is 14.7 Å². The van der Waals surface area contributed by atoms with Crippen molar-refractivity contribution in [2.75, 3.05) is 13.1 Å². The molecule has 1 fully saturated rings. The summed E-state index contributed by atoms with van der Waals surface area (Å²) in [6, 6.07) is -0.389. The van der Waals surface area contributed by atoms with Crippen LogP contribution in [0.5, 0.6) is 0 Å². The lowest BCUT2D eigenvalue weighted by Crippen LogP contribution is -2.40. The third-order valence-corrected chi connectivity index (χ3v) is 2.76. The second kappa shape index (κ2) is 5.00. The van der Waals surface area contributed by atoms with E-state index in [2.05, 4.69) is 17.6 Å². The number of nitrogens with one attached hydrogen (secondary N) is 2. The quantitative estimate of drug-likeness (QED) is 0.616. The molecular weight excluding hydrogens is 196 g/mol. The lowest BCUT2D eigenvalue weighted by molar-refractivity contribution is -0.135. The minimum atomic E-state index is -1.03. The predicted molar refractivity (Wildman–Crippen MR) is 55.6 cm³/mol. The number of carboxylic acid groups (broad SMARTS) is 1. The van der Waals surface area contributed by atoms with E-state index >= 15 is 0 Å². The standard InChI is InChI=1S/C10H18N2O3/c1-2-3-10(4-5-10)7-12-9(15)11-6-8(13)14/h2-7H2,1H3,(H,13,14)(H2,11,12,15). The van der Waals surface area contributed by atoms with Gasteiger partial charge in [-0.25, -0.2) is 4.79 Å². The van der Waals surface area contributed by atoms with Gasteiger partial charge in [0.25, 0.3) is 0 Å². The summed E-state index contributed by atoms with van der Waals surface area (Å²) in [6.45, 7) is 2.46. The third-order valence-electron chi connectivity index (χ3n) is 2.76. The zero-order chi connectivity index (χ0) is 11.3. The first-order valence-corrected chi connectivity index (χ1v) is 5.31. The normalized spacial score (nSPS) is 16.9. The van der Waals surface area contributed by atoms with Gasteiger partial charge in [0, 0.05) is 6.54 Å². The van der Waals surface area contributed by atoms with Gasteiger partial charge in [0.2, 0.25) is 0 Å². The second-order valence-corrected chi connectivity index (χ2v) is 4.18. The number of urea groups is 1. The highest BCUT2D eigenvalue weighted by molar-refractivity contribution is 5.79. The van der Waals surface area contributed by atoms with Gasteiger partial charge in [-0.1, -0.05) is 13.3 Å². The molecule has 5 nitrogen and oxygen atoms in total. The maximum Gasteiger partial charge on any atom is 0.323 e. The molecule has 0 bridgehead atoms. The Morgan fingerprint density at radius 1 is 1.33 bits per heavy atom. The molecule has 0 heterocycles. The SMILES string of the molecule is CCCC1(CNC(=O)NCC(=O)O)CC1. The molecule has 1 saturated carbocycles. The topological polar surface area (TPSA) is 78.4 Å². The van der Waals surface area contributed by atoms with E-state index in [1.54, 1.807) is 0 Å². The number of hydrogen-bond acceptors (Lipinski definition) is 2. The highest BCUT2D eigenvalue weighted by atomic mass is 16.4. The number of amides is 2. The van der Waals surface area contributed by atoms with Crippen LogP contribution in [0, 0.1) is 5.41 Å². The summed E-state index contributed by atoms with van der Waals surface area (Å²) in [5.74, 6) is -1.03. The van der Waals surface area contributed by atoms with Crippen LogP contribution in [0.25, 0.3) is 0 Å². The summed E-state index contributed by atoms with van der Waals surface area (Å²) in [7, 11) is 0. The Kier molecular flexibility index (Phi) is 3.94. The van der Waals surface area contributed by atoms with E-state index in [0.29, 0.717) is 12.0 Å². The summed E-state index contributed by atoms with van der Waals surface area (Å²) in [5, 5.41) is 13.3. The largest absolute Gasteiger partial charge is 0.480 e. The molecule has 1 aliphatic rings. The van der Waals surface area contributed by atoms with Crippen LogP contribution < -0.4 is 10.6 Å². The Morgan fingerprint density at radius 3 is 2.47 bits per heavy atom. The van der Waals surface area contributed by atoms with Crippen molar-refractivity contribution in [2.24, 2.45) is 5.41 Å². The van der Waals surface area contributed by atoms with Gasteiger partial charge in [-0.15, -0.1) is 0 Å². The lowest BCUT2D eigenvalue weighted by atomic mass is 10.0. The molecule has 3 N–H and O–H groups in total. The van der Waals surface area contributed by atoms with Gasteiger partial charge in [-0.3, -0.25) is 4.79 Å². The number of rotatable bonds is 6. The van der Waals surface area contributed by atoms with E-state index in [4.69, 9.17) is 5.11 Å². The van der Waals surface area contributed by atoms with Gasteiger partial charge in [-0.2, -0.15) is 0 Å². The molecule has 0 aliphatic heterocycles. The first kappa shape index (κ1) is 11.8. The van der Waals surface area contributed by atoms with Crippen molar-refractivity contribution >= 4 is 12.0 Å². The second-order valence-electron chi connectivity index (χ2n) is 4.18. The Labute approximate surface area is 89.2 Å². The molecule has 0 radical (unpaired) electrons. The maximum atomic E-state index is 11.1. The Bertz CT molecular complexity index is 249. The van der Waals surface area contributed by atoms with Crippen LogP contribution in [-0.2, 0) is 4.79 Å². The highest BCUT2D eigenvalue weighted by Crippen LogP contribution is 2.48. The number of aliphatic carboxylic acids is 1. The monoisotopic (exact) mass is 214 g/mol. The van der Waals surface area contributed by atoms with E-state index < -0.39 is 5.97 Å². The molecular formula is C10H18N2O3. The smallest absolute Gasteiger partial charge is 0.323 e. The third kappa shape index (κ3) is 4.18. The van der Waals surface area contributed by atoms with E-state index in [0.717, 1.165) is 12.8 Å². The molecule has 0 atom stereocenters. The van der Waals surface area contributed by atoms with Gasteiger partial charge in [0.15, 0.2) is 0 Å². The molecule has 1 aliphatic carbocycles. The molecule has 5 heteroatoms. The fraction of sp³-hybridized carbons (Fsp3) is 0.800. The summed E-state index contributed by atoms with van der Waals surface area (Å²) >= 11 is 0. The van der Waals surface area contributed by atoms with Crippen LogP contribution in [0.2, 0.25) is 0 Å². The molecule has 1 rings (SSSR count). The minimum Gasteiger partial charge on any atom is -0.480 e. The summed E-state index contributed by atoms with van der Waals surface area (Å²) in [4.78, 5) is 21.3. The number of carbonyl (C=O) groups is 2. The van der Waals surface area contributed by atoms with Gasteiger partial charge in [0.05, 0.1) is 0 Å². The molecule has 0 aromatic heterocycles. The minimum absolute atomic E-state index is 0.301. The summed E-state index contributed by atoms with van der Waals surface area (Å²) < 4.78 is 0. The van der Waals surface area contributed by atoms with E-state index in [1.165, 1.54) is 12.8 Å². The van der Waals surface area contributed by atoms with Gasteiger partial charge in [-0.05, 0) is 24.7 Å². The van der Waals surface area contributed by atoms with Crippen LogP contribution in [0.15, 0.2) is 0 Å². The average Bonchev–Trinajstić information content (AvgIpc) is 2.93. The van der Waals surface area contributed by atoms with Crippen molar-refractivity contribution in [2.45, 2.75) is 32.6 Å². The number of carboxylic acids is 1. The molecule has 2 amide bonds. The summed E-state index contributed by atoms with van der Waals surface area (Å²) in [6.07, 6.45) is 4.59. The molecule has 0 spiro atoms. The highest BCUT2D eigenvalue weighted by Gasteiger charge is 2.41. The van der Waals surface area contributed by atoms with Gasteiger partial charge < -0.3 is 15.7 Å². The van der Waals surface area contributed by atoms with Crippen molar-refractivity contribution in [1.82, 2.24) is 10.6 Å². The van der Waals surface area contributed by atoms with Crippen molar-refractivity contribution in [3.8, 4) is 0 Å². The number of carbonyl (C=O) groups excluding carboxylic acids is 1. The van der Waals surface area contributed by atoms with Crippen LogP contribution in [-0.4, -0.2) is 30.2 Å². The van der Waals surface area contributed by atoms with Gasteiger partial charge in [0.1, 0.15) is 6.54 Å². The van der Waals surface area contributed by atoms with E-state index in [1.807, 2.05) is 0 Å². The zero-order valence-electron chi connectivity index (χ0n) is 9.01. The lowest BCUT2D eigenvalue weighted by Gasteiger charge is -2.14. The zero-order valence-corrected chi connectivity index (χ0v) is 9.01. The van der Waals surface area contributed by atoms with E-state index in [9.17, 15) is 9.59 Å². The van der Waals surface area contributed by atoms with E-state index in [-0.39, 0.29) is 12.6 Å². The fourth-order valence-electron chi connectivity index (χ4n) is 1.71. The Hall–Kier alpha value is -1.26. The Balaban J connectivity index is 2.14. The molecule has 86 valence electrons. The molecule has 0 aromatic carbocycles. The van der Waals surface area contributed by atoms with Crippen molar-refractivity contribution in [3.63, 3.8) is 0 Å². The van der Waals surface area contributed by atoms with Crippen LogP contribution in [0.1, 0.15) is 32.6 Å². The fourth-order valence-corrected chi connectivity index (χ4v) is 1.71. The van der Waals surface area contributed by atoms with Gasteiger partial charge >= 0.3 is 12.0 Å². The summed E-state index contributed by atoms with van der Waals surface area (Å²) in [5.41, 5.74) is 0.301. The predicted octanol–water partition coefficient (Wildman–Crippen LogP) is 0.950.